The highest BCUT2D eigenvalue weighted by Gasteiger charge is 2.25. The number of aromatic nitrogens is 2. The largest absolute Gasteiger partial charge is 0.493 e. The van der Waals surface area contributed by atoms with Gasteiger partial charge >= 0.3 is 12.2 Å². The lowest BCUT2D eigenvalue weighted by Gasteiger charge is -2.21. The number of thiophene rings is 2. The highest BCUT2D eigenvalue weighted by atomic mass is 32.1. The molecule has 9 nitrogen and oxygen atoms in total. The minimum atomic E-state index is -1.08. The Bertz CT molecular complexity index is 1090. The van der Waals surface area contributed by atoms with Gasteiger partial charge in [-0.1, -0.05) is 6.07 Å². The molecule has 3 heterocycles. The summed E-state index contributed by atoms with van der Waals surface area (Å²) in [6.45, 7) is 7.48. The molecule has 0 aromatic carbocycles. The van der Waals surface area contributed by atoms with Gasteiger partial charge in [-0.25, -0.2) is 9.59 Å². The summed E-state index contributed by atoms with van der Waals surface area (Å²) in [5.41, 5.74) is 0.344. The fourth-order valence-corrected chi connectivity index (χ4v) is 5.15. The Morgan fingerprint density at radius 3 is 2.69 bits per heavy atom. The zero-order valence-electron chi connectivity index (χ0n) is 18.5. The zero-order chi connectivity index (χ0) is 23.5. The van der Waals surface area contributed by atoms with E-state index >= 15 is 0 Å². The molecule has 0 fully saturated rings. The molecule has 3 aromatic heterocycles. The molecule has 32 heavy (non-hydrogen) atoms. The van der Waals surface area contributed by atoms with E-state index in [0.29, 0.717) is 28.1 Å². The van der Waals surface area contributed by atoms with Gasteiger partial charge in [0, 0.05) is 17.3 Å². The van der Waals surface area contributed by atoms with Crippen molar-refractivity contribution in [2.75, 3.05) is 12.0 Å². The Morgan fingerprint density at radius 2 is 2.09 bits per heavy atom. The van der Waals surface area contributed by atoms with Gasteiger partial charge in [0.05, 0.1) is 35.1 Å². The van der Waals surface area contributed by atoms with Crippen molar-refractivity contribution in [3.8, 4) is 5.75 Å². The second-order valence-corrected chi connectivity index (χ2v) is 10.3. The van der Waals surface area contributed by atoms with Crippen molar-refractivity contribution in [3.63, 3.8) is 0 Å². The number of rotatable bonds is 7. The van der Waals surface area contributed by atoms with Crippen LogP contribution < -0.4 is 15.0 Å². The summed E-state index contributed by atoms with van der Waals surface area (Å²) in [4.78, 5) is 27.1. The average molecular weight is 479 g/mol. The first-order valence-electron chi connectivity index (χ1n) is 9.92. The van der Waals surface area contributed by atoms with Crippen LogP contribution in [0.3, 0.4) is 0 Å². The number of ether oxygens (including phenoxy) is 2. The van der Waals surface area contributed by atoms with Crippen LogP contribution in [-0.2, 0) is 17.7 Å². The van der Waals surface area contributed by atoms with Crippen LogP contribution in [0.1, 0.15) is 37.4 Å². The van der Waals surface area contributed by atoms with Crippen LogP contribution in [0.4, 0.5) is 15.3 Å². The summed E-state index contributed by atoms with van der Waals surface area (Å²) in [6, 6.07) is 3.52. The molecular weight excluding hydrogens is 452 g/mol. The monoisotopic (exact) mass is 478 g/mol. The lowest BCUT2D eigenvalue weighted by atomic mass is 10.2. The Hall–Kier alpha value is -2.92. The smallest absolute Gasteiger partial charge is 0.412 e. The maximum atomic E-state index is 12.1. The van der Waals surface area contributed by atoms with Gasteiger partial charge in [0.2, 0.25) is 0 Å². The number of methoxy groups -OCH3 is 1. The van der Waals surface area contributed by atoms with E-state index < -0.39 is 17.8 Å². The zero-order valence-corrected chi connectivity index (χ0v) is 20.2. The number of alkyl carbamates (subject to hydrolysis) is 1. The van der Waals surface area contributed by atoms with Crippen molar-refractivity contribution in [3.05, 3.63) is 33.5 Å². The number of hydrogen-bond donors (Lipinski definition) is 2. The molecule has 0 saturated carbocycles. The normalized spacial score (nSPS) is 12.4. The predicted molar refractivity (Wildman–Crippen MR) is 125 cm³/mol. The molecule has 0 spiro atoms. The molecule has 2 amide bonds. The van der Waals surface area contributed by atoms with Gasteiger partial charge in [-0.2, -0.15) is 5.10 Å². The molecule has 0 radical (unpaired) electrons. The lowest BCUT2D eigenvalue weighted by Crippen LogP contribution is -2.38. The van der Waals surface area contributed by atoms with Gasteiger partial charge in [-0.15, -0.1) is 27.8 Å². The van der Waals surface area contributed by atoms with Crippen molar-refractivity contribution in [2.24, 2.45) is 0 Å². The van der Waals surface area contributed by atoms with Crippen LogP contribution >= 0.6 is 22.7 Å². The third kappa shape index (κ3) is 5.65. The molecule has 0 unspecified atom stereocenters. The molecule has 0 aliphatic heterocycles. The molecule has 3 aromatic rings. The van der Waals surface area contributed by atoms with Crippen LogP contribution in [0.25, 0.3) is 10.2 Å². The topological polar surface area (TPSA) is 114 Å². The first kappa shape index (κ1) is 23.7. The molecule has 2 N–H and O–H groups in total. The van der Waals surface area contributed by atoms with Gasteiger partial charge in [0.15, 0.2) is 5.75 Å². The molecule has 0 aliphatic rings. The second-order valence-electron chi connectivity index (χ2n) is 8.17. The van der Waals surface area contributed by atoms with Crippen LogP contribution in [0.2, 0.25) is 0 Å². The van der Waals surface area contributed by atoms with Crippen molar-refractivity contribution in [2.45, 2.75) is 52.3 Å². The minimum Gasteiger partial charge on any atom is -0.493 e. The summed E-state index contributed by atoms with van der Waals surface area (Å²) in [5, 5.41) is 22.8. The van der Waals surface area contributed by atoms with E-state index in [1.807, 2.05) is 24.4 Å². The van der Waals surface area contributed by atoms with Gasteiger partial charge in [0.1, 0.15) is 11.1 Å². The lowest BCUT2D eigenvalue weighted by molar-refractivity contribution is 0.0508. The predicted octanol–water partition coefficient (Wildman–Crippen LogP) is 4.90. The number of nitrogens with one attached hydrogen (secondary N) is 1. The third-order valence-corrected chi connectivity index (χ3v) is 6.42. The minimum absolute atomic E-state index is 0.208. The van der Waals surface area contributed by atoms with Crippen molar-refractivity contribution < 1.29 is 24.2 Å². The molecular formula is C21H26N4O5S2. The first-order valence-corrected chi connectivity index (χ1v) is 11.6. The van der Waals surface area contributed by atoms with Gasteiger partial charge < -0.3 is 19.9 Å². The van der Waals surface area contributed by atoms with E-state index in [4.69, 9.17) is 9.47 Å². The Labute approximate surface area is 194 Å². The van der Waals surface area contributed by atoms with Gasteiger partial charge in [-0.3, -0.25) is 4.90 Å². The first-order chi connectivity index (χ1) is 15.1. The summed E-state index contributed by atoms with van der Waals surface area (Å²) in [6.07, 6.45) is 0.327. The molecule has 172 valence electrons. The van der Waals surface area contributed by atoms with Crippen molar-refractivity contribution in [1.29, 1.82) is 0 Å². The maximum Gasteiger partial charge on any atom is 0.412 e. The molecule has 0 bridgehead atoms. The van der Waals surface area contributed by atoms with E-state index in [9.17, 15) is 14.7 Å². The molecule has 0 aliphatic carbocycles. The second kappa shape index (κ2) is 9.70. The van der Waals surface area contributed by atoms with Crippen molar-refractivity contribution >= 4 is 50.8 Å². The van der Waals surface area contributed by atoms with Crippen LogP contribution in [-0.4, -0.2) is 46.2 Å². The van der Waals surface area contributed by atoms with Crippen LogP contribution in [0.5, 0.6) is 5.75 Å². The third-order valence-electron chi connectivity index (χ3n) is 4.35. The molecule has 3 rings (SSSR count). The van der Waals surface area contributed by atoms with Crippen molar-refractivity contribution in [1.82, 2.24) is 15.5 Å². The maximum absolute atomic E-state index is 12.1. The van der Waals surface area contributed by atoms with Gasteiger partial charge in [0.25, 0.3) is 0 Å². The standard InChI is InChI=1S/C21H26N4O5S2/c1-12(23-19(26)30-21(2,3)4)9-15-17(29-5)16-18(32-15)14(10-22-24-16)25(20(27)28)11-13-7-6-8-31-13/h6-8,10,12H,9,11H2,1-5H3,(H,23,26)(H,27,28)/t12-/m0/s1. The summed E-state index contributed by atoms with van der Waals surface area (Å²) >= 11 is 2.87. The fraction of sp³-hybridized carbons (Fsp3) is 0.429. The highest BCUT2D eigenvalue weighted by molar-refractivity contribution is 7.20. The van der Waals surface area contributed by atoms with E-state index in [1.54, 1.807) is 20.8 Å². The number of hydrogen-bond acceptors (Lipinski definition) is 8. The Kier molecular flexibility index (Phi) is 7.19. The Balaban J connectivity index is 1.90. The number of fused-ring (bicyclic) bond motifs is 1. The van der Waals surface area contributed by atoms with E-state index in [2.05, 4.69) is 15.5 Å². The average Bonchev–Trinajstić information content (AvgIpc) is 3.30. The number of nitrogens with zero attached hydrogens (tertiary/aromatic N) is 3. The molecule has 0 saturated heterocycles. The molecule has 1 atom stereocenters. The summed E-state index contributed by atoms with van der Waals surface area (Å²) in [7, 11) is 1.53. The van der Waals surface area contributed by atoms with Crippen LogP contribution in [0, 0.1) is 0 Å². The van der Waals surface area contributed by atoms with E-state index in [1.165, 1.54) is 40.9 Å². The SMILES string of the molecule is COc1c(C[C@H](C)NC(=O)OC(C)(C)C)sc2c(N(Cc3cccs3)C(=O)O)cnnc12. The number of anilines is 1. The quantitative estimate of drug-likeness (QED) is 0.496. The number of carboxylic acid groups (broad SMARTS) is 1. The summed E-state index contributed by atoms with van der Waals surface area (Å²) < 4.78 is 11.6. The van der Waals surface area contributed by atoms with E-state index in [0.717, 1.165) is 9.75 Å². The number of carbonyl (C=O) groups is 2. The van der Waals surface area contributed by atoms with E-state index in [-0.39, 0.29) is 12.6 Å². The number of carbonyl (C=O) groups excluding carboxylic acids is 1. The summed E-state index contributed by atoms with van der Waals surface area (Å²) in [5.74, 6) is 0.527. The van der Waals surface area contributed by atoms with Crippen LogP contribution in [0.15, 0.2) is 23.7 Å². The van der Waals surface area contributed by atoms with Gasteiger partial charge in [-0.05, 0) is 39.1 Å². The fourth-order valence-electron chi connectivity index (χ4n) is 3.11. The molecule has 11 heteroatoms. The Morgan fingerprint density at radius 1 is 1.34 bits per heavy atom. The highest BCUT2D eigenvalue weighted by Crippen LogP contribution is 2.41. The number of amides is 2.